The van der Waals surface area contributed by atoms with Gasteiger partial charge in [0.05, 0.1) is 0 Å². The zero-order valence-electron chi connectivity index (χ0n) is 27.6. The molecule has 4 aromatic carbocycles. The summed E-state index contributed by atoms with van der Waals surface area (Å²) in [7, 11) is -3.25. The molecule has 4 aromatic rings. The molecule has 2 aliphatic carbocycles. The molecule has 0 bridgehead atoms. The Balaban J connectivity index is 0.00000221. The topological polar surface area (TPSA) is 0 Å². The molecule has 44 heavy (non-hydrogen) atoms. The standard InChI is InChI=1S/2C18H19Si.2CH3.2ClH.Hf.H2Si/c2*1-19(2,3)16-12-15-10-7-11-17(18(15)13-16)14-8-5-4-6-9-14;;;;;;/h2*4-13H,1-3H3;2*1H3;2*1H;;1H2. The van der Waals surface area contributed by atoms with Gasteiger partial charge in [-0.1, -0.05) is 0 Å². The second-order valence-electron chi connectivity index (χ2n) is 15.9. The number of halogens is 2. The van der Waals surface area contributed by atoms with Crippen LogP contribution in [0.4, 0.5) is 0 Å². The van der Waals surface area contributed by atoms with Crippen LogP contribution in [-0.2, 0) is 17.1 Å². The van der Waals surface area contributed by atoms with Gasteiger partial charge in [0, 0.05) is 0 Å². The first kappa shape index (κ1) is 35.3. The van der Waals surface area contributed by atoms with E-state index in [1.165, 1.54) is 33.4 Å². The molecule has 230 valence electrons. The Hall–Kier alpha value is -1.54. The minimum absolute atomic E-state index is 0. The quantitative estimate of drug-likeness (QED) is 0.170. The number of hydrogen-bond acceptors (Lipinski definition) is 0. The number of benzene rings is 4. The molecule has 6 heteroatoms. The maximum Gasteiger partial charge on any atom is -0.147 e. The number of hydrogen-bond donors (Lipinski definition) is 0. The molecule has 0 fully saturated rings. The SMILES string of the molecule is C[Si](C)(C)C1=Cc2c(-c3ccccc3)cccc2[CH]1[Hf]([CH3])([CH3])(=[SiH2])[CH]1C([Si](C)(C)C)=Cc2c(-c3ccccc3)cccc21.Cl.Cl. The van der Waals surface area contributed by atoms with Gasteiger partial charge in [0.25, 0.3) is 0 Å². The van der Waals surface area contributed by atoms with Crippen molar-refractivity contribution in [1.82, 2.24) is 0 Å². The van der Waals surface area contributed by atoms with Gasteiger partial charge in [0.1, 0.15) is 0 Å². The van der Waals surface area contributed by atoms with Gasteiger partial charge in [0.2, 0.25) is 0 Å². The zero-order chi connectivity index (χ0) is 30.1. The first-order valence-corrected chi connectivity index (χ1v) is 42.2. The van der Waals surface area contributed by atoms with E-state index in [0.29, 0.717) is 7.35 Å². The van der Waals surface area contributed by atoms with E-state index in [0.717, 1.165) is 0 Å². The van der Waals surface area contributed by atoms with Gasteiger partial charge in [-0.15, -0.1) is 24.8 Å². The Labute approximate surface area is 282 Å². The average molecular weight is 838 g/mol. The van der Waals surface area contributed by atoms with Crippen LogP contribution < -0.4 is 0 Å². The number of rotatable bonds is 6. The van der Waals surface area contributed by atoms with Crippen LogP contribution in [0.15, 0.2) is 107 Å². The summed E-state index contributed by atoms with van der Waals surface area (Å²) in [4.78, 5) is 0. The molecule has 0 spiro atoms. The molecule has 0 radical (unpaired) electrons. The van der Waals surface area contributed by atoms with E-state index in [2.05, 4.69) is 165 Å². The van der Waals surface area contributed by atoms with Crippen molar-refractivity contribution in [3.8, 4) is 22.3 Å². The van der Waals surface area contributed by atoms with E-state index in [9.17, 15) is 0 Å². The molecule has 0 nitrogen and oxygen atoms in total. The molecule has 0 saturated carbocycles. The fourth-order valence-corrected chi connectivity index (χ4v) is 57.2. The molecule has 0 aliphatic heterocycles. The fraction of sp³-hybridized carbons (Fsp3) is 0.263. The second-order valence-corrected chi connectivity index (χ2v) is 69.5. The minimum atomic E-state index is -3.87. The Morgan fingerprint density at radius 2 is 0.841 bits per heavy atom. The molecular formula is C38H48Cl2HfSi3. The second kappa shape index (κ2) is 12.2. The molecule has 0 aromatic heterocycles. The summed E-state index contributed by atoms with van der Waals surface area (Å²) in [5, 5.41) is 3.58. The van der Waals surface area contributed by atoms with Crippen LogP contribution in [0.5, 0.6) is 0 Å². The zero-order valence-corrected chi connectivity index (χ0v) is 36.2. The summed E-state index contributed by atoms with van der Waals surface area (Å²) < 4.78 is 6.81. The van der Waals surface area contributed by atoms with Crippen molar-refractivity contribution in [2.24, 2.45) is 0 Å². The van der Waals surface area contributed by atoms with Gasteiger partial charge >= 0.3 is 260 Å². The van der Waals surface area contributed by atoms with Crippen LogP contribution in [-0.4, -0.2) is 23.1 Å². The van der Waals surface area contributed by atoms with Crippen LogP contribution in [0.2, 0.25) is 48.6 Å². The fourth-order valence-electron chi connectivity index (χ4n) is 8.05. The average Bonchev–Trinajstić information content (AvgIpc) is 3.55. The van der Waals surface area contributed by atoms with E-state index in [1.807, 2.05) is 0 Å². The largest absolute Gasteiger partial charge is 0.147 e. The van der Waals surface area contributed by atoms with Gasteiger partial charge in [-0.3, -0.25) is 0 Å². The van der Waals surface area contributed by atoms with Crippen molar-refractivity contribution >= 4 is 60.1 Å². The number of fused-ring (bicyclic) bond motifs is 2. The molecule has 6 rings (SSSR count). The van der Waals surface area contributed by atoms with Gasteiger partial charge in [0.15, 0.2) is 0 Å². The molecule has 2 unspecified atom stereocenters. The molecular weight excluding hydrogens is 790 g/mol. The van der Waals surface area contributed by atoms with Crippen LogP contribution in [0.1, 0.15) is 29.6 Å². The molecule has 0 N–H and O–H groups in total. The van der Waals surface area contributed by atoms with Gasteiger partial charge < -0.3 is 0 Å². The van der Waals surface area contributed by atoms with E-state index in [4.69, 9.17) is 0 Å². The van der Waals surface area contributed by atoms with Crippen LogP contribution in [0.25, 0.3) is 34.4 Å². The maximum atomic E-state index is 2.83. The third kappa shape index (κ3) is 6.00. The maximum absolute atomic E-state index is 3.87. The summed E-state index contributed by atoms with van der Waals surface area (Å²) in [6.07, 6.45) is 5.36. The van der Waals surface area contributed by atoms with Crippen LogP contribution >= 0.6 is 24.8 Å². The predicted octanol–water partition coefficient (Wildman–Crippen LogP) is 11.5. The van der Waals surface area contributed by atoms with Crippen molar-refractivity contribution in [2.45, 2.75) is 56.0 Å². The smallest absolute Gasteiger partial charge is 0.147 e. The third-order valence-electron chi connectivity index (χ3n) is 9.92. The van der Waals surface area contributed by atoms with Gasteiger partial charge in [-0.25, -0.2) is 0 Å². The summed E-state index contributed by atoms with van der Waals surface area (Å²) in [5.74, 6) is 0. The van der Waals surface area contributed by atoms with Crippen molar-refractivity contribution in [3.05, 3.63) is 130 Å². The Kier molecular flexibility index (Phi) is 9.83. The molecule has 0 heterocycles. The first-order chi connectivity index (χ1) is 19.7. The van der Waals surface area contributed by atoms with Crippen molar-refractivity contribution < 1.29 is 17.1 Å². The van der Waals surface area contributed by atoms with Gasteiger partial charge in [-0.05, 0) is 0 Å². The molecule has 0 amide bonds. The van der Waals surface area contributed by atoms with Crippen LogP contribution in [0.3, 0.4) is 0 Å². The van der Waals surface area contributed by atoms with Gasteiger partial charge in [-0.2, -0.15) is 0 Å². The van der Waals surface area contributed by atoms with Crippen molar-refractivity contribution in [3.63, 3.8) is 0 Å². The third-order valence-corrected chi connectivity index (χ3v) is 41.1. The Morgan fingerprint density at radius 1 is 0.500 bits per heavy atom. The van der Waals surface area contributed by atoms with Crippen molar-refractivity contribution in [1.29, 1.82) is 0 Å². The monoisotopic (exact) mass is 838 g/mol. The number of allylic oxidation sites excluding steroid dienone is 2. The minimum Gasteiger partial charge on any atom is -0.147 e. The Bertz CT molecular complexity index is 1690. The summed E-state index contributed by atoms with van der Waals surface area (Å²) >= 11 is -3.87. The predicted molar refractivity (Wildman–Crippen MR) is 207 cm³/mol. The van der Waals surface area contributed by atoms with E-state index in [-0.39, 0.29) is 24.8 Å². The Morgan fingerprint density at radius 3 is 1.16 bits per heavy atom. The normalized spacial score (nSPS) is 17.9. The summed E-state index contributed by atoms with van der Waals surface area (Å²) in [5.41, 5.74) is 11.7. The van der Waals surface area contributed by atoms with Crippen LogP contribution in [0, 0.1) is 0 Å². The van der Waals surface area contributed by atoms with Crippen molar-refractivity contribution in [2.75, 3.05) is 0 Å². The molecule has 2 atom stereocenters. The summed E-state index contributed by atoms with van der Waals surface area (Å²) in [6, 6.07) is 36.5. The van der Waals surface area contributed by atoms with E-state index >= 15 is 0 Å². The first-order valence-electron chi connectivity index (χ1n) is 15.5. The molecule has 2 aliphatic rings. The van der Waals surface area contributed by atoms with E-state index < -0.39 is 33.3 Å². The summed E-state index contributed by atoms with van der Waals surface area (Å²) in [6.45, 7) is 18.0. The van der Waals surface area contributed by atoms with E-state index in [1.54, 1.807) is 21.5 Å². The molecule has 0 saturated heterocycles.